The molecule has 0 fully saturated rings. The zero-order valence-electron chi connectivity index (χ0n) is 20.4. The Morgan fingerprint density at radius 3 is 2.28 bits per heavy atom. The summed E-state index contributed by atoms with van der Waals surface area (Å²) in [5.41, 5.74) is 4.54. The maximum Gasteiger partial charge on any atom is 0.274 e. The molecule has 1 aliphatic rings. The third-order valence-corrected chi connectivity index (χ3v) is 8.07. The van der Waals surface area contributed by atoms with Crippen LogP contribution in [0.4, 0.5) is 0 Å². The SMILES string of the molecule is O=C(c1ccc(Cl)cc1)N1N=C(c2c(-c3ccccc3)c3cc(Br)ccc3[nH]c2=O)C[C@H]1c1ccc(Br)cc1. The molecule has 2 heterocycles. The summed E-state index contributed by atoms with van der Waals surface area (Å²) in [5, 5.41) is 7.75. The number of carbonyl (C=O) groups excluding carboxylic acids is 1. The van der Waals surface area contributed by atoms with Crippen molar-refractivity contribution < 1.29 is 4.79 Å². The highest BCUT2D eigenvalue weighted by atomic mass is 79.9. The van der Waals surface area contributed by atoms with Gasteiger partial charge in [-0.2, -0.15) is 5.10 Å². The largest absolute Gasteiger partial charge is 0.321 e. The zero-order chi connectivity index (χ0) is 27.1. The normalized spacial score (nSPS) is 15.0. The monoisotopic (exact) mass is 659 g/mol. The van der Waals surface area contributed by atoms with Crippen LogP contribution in [-0.4, -0.2) is 21.6 Å². The molecule has 1 aromatic heterocycles. The molecule has 0 saturated heterocycles. The average Bonchev–Trinajstić information content (AvgIpc) is 3.38. The maximum absolute atomic E-state index is 13.8. The smallest absolute Gasteiger partial charge is 0.274 e. The minimum Gasteiger partial charge on any atom is -0.321 e. The molecule has 0 radical (unpaired) electrons. The second-order valence-electron chi connectivity index (χ2n) is 9.23. The van der Waals surface area contributed by atoms with Gasteiger partial charge in [-0.15, -0.1) is 0 Å². The highest BCUT2D eigenvalue weighted by Crippen LogP contribution is 2.38. The van der Waals surface area contributed by atoms with E-state index in [1.165, 1.54) is 5.01 Å². The van der Waals surface area contributed by atoms with Gasteiger partial charge in [-0.05, 0) is 65.7 Å². The number of nitrogens with one attached hydrogen (secondary N) is 1. The molecule has 1 atom stereocenters. The number of benzene rings is 4. The second-order valence-corrected chi connectivity index (χ2v) is 11.5. The topological polar surface area (TPSA) is 65.5 Å². The van der Waals surface area contributed by atoms with E-state index in [1.807, 2.05) is 72.8 Å². The van der Waals surface area contributed by atoms with Crippen LogP contribution >= 0.6 is 43.5 Å². The summed E-state index contributed by atoms with van der Waals surface area (Å²) in [6.45, 7) is 0. The molecule has 192 valence electrons. The Morgan fingerprint density at radius 1 is 0.872 bits per heavy atom. The predicted molar refractivity (Wildman–Crippen MR) is 163 cm³/mol. The Bertz CT molecular complexity index is 1800. The number of carbonyl (C=O) groups is 1. The number of rotatable bonds is 4. The van der Waals surface area contributed by atoms with Crippen molar-refractivity contribution in [2.24, 2.45) is 5.10 Å². The number of hydrogen-bond acceptors (Lipinski definition) is 3. The molecule has 39 heavy (non-hydrogen) atoms. The first kappa shape index (κ1) is 25.7. The van der Waals surface area contributed by atoms with Gasteiger partial charge in [0.2, 0.25) is 0 Å². The van der Waals surface area contributed by atoms with Crippen molar-refractivity contribution in [1.29, 1.82) is 0 Å². The van der Waals surface area contributed by atoms with E-state index in [1.54, 1.807) is 24.3 Å². The Hall–Kier alpha value is -3.52. The first-order valence-corrected chi connectivity index (χ1v) is 14.2. The molecular formula is C31H20Br2ClN3O2. The molecule has 1 amide bonds. The van der Waals surface area contributed by atoms with Gasteiger partial charge in [-0.1, -0.05) is 85.9 Å². The van der Waals surface area contributed by atoms with Crippen LogP contribution in [0.25, 0.3) is 22.0 Å². The Morgan fingerprint density at radius 2 is 1.56 bits per heavy atom. The minimum atomic E-state index is -0.391. The number of aromatic nitrogens is 1. The standard InChI is InChI=1S/C31H20Br2ClN3O2/c32-21-10-6-18(7-11-21)27-17-26(36-37(27)31(39)20-8-13-23(34)14-9-20)29-28(19-4-2-1-3-5-19)24-16-22(33)12-15-25(24)35-30(29)38/h1-16,27H,17H2,(H,35,38)/t27-/m0/s1. The molecule has 4 aromatic carbocycles. The van der Waals surface area contributed by atoms with Crippen LogP contribution in [-0.2, 0) is 0 Å². The Kier molecular flexibility index (Phi) is 6.97. The van der Waals surface area contributed by atoms with Gasteiger partial charge < -0.3 is 4.98 Å². The van der Waals surface area contributed by atoms with Crippen molar-refractivity contribution >= 4 is 66.0 Å². The fraction of sp³-hybridized carbons (Fsp3) is 0.0645. The molecule has 0 saturated carbocycles. The first-order chi connectivity index (χ1) is 18.9. The van der Waals surface area contributed by atoms with E-state index in [4.69, 9.17) is 16.7 Å². The van der Waals surface area contributed by atoms with Gasteiger partial charge in [0.05, 0.1) is 17.3 Å². The van der Waals surface area contributed by atoms with Gasteiger partial charge in [0, 0.05) is 42.4 Å². The molecule has 1 aliphatic heterocycles. The van der Waals surface area contributed by atoms with Crippen LogP contribution in [0.5, 0.6) is 0 Å². The summed E-state index contributed by atoms with van der Waals surface area (Å²) in [7, 11) is 0. The van der Waals surface area contributed by atoms with Crippen LogP contribution in [0.15, 0.2) is 116 Å². The van der Waals surface area contributed by atoms with Gasteiger partial charge >= 0.3 is 0 Å². The van der Waals surface area contributed by atoms with E-state index in [9.17, 15) is 9.59 Å². The second kappa shape index (κ2) is 10.6. The molecule has 0 unspecified atom stereocenters. The number of hydrogen-bond donors (Lipinski definition) is 1. The van der Waals surface area contributed by atoms with E-state index in [0.717, 1.165) is 36.5 Å². The summed E-state index contributed by atoms with van der Waals surface area (Å²) in [6.07, 6.45) is 0.378. The number of aromatic amines is 1. The van der Waals surface area contributed by atoms with Gasteiger partial charge in [-0.25, -0.2) is 5.01 Å². The Balaban J connectivity index is 1.56. The zero-order valence-corrected chi connectivity index (χ0v) is 24.3. The molecule has 6 rings (SSSR count). The number of halogens is 3. The highest BCUT2D eigenvalue weighted by molar-refractivity contribution is 9.10. The van der Waals surface area contributed by atoms with Crippen LogP contribution < -0.4 is 5.56 Å². The van der Waals surface area contributed by atoms with E-state index >= 15 is 0 Å². The van der Waals surface area contributed by atoms with Crippen LogP contribution in [0.2, 0.25) is 5.02 Å². The molecule has 5 aromatic rings. The number of nitrogens with zero attached hydrogens (tertiary/aromatic N) is 2. The molecule has 1 N–H and O–H groups in total. The van der Waals surface area contributed by atoms with E-state index in [-0.39, 0.29) is 11.5 Å². The number of fused-ring (bicyclic) bond motifs is 1. The molecule has 5 nitrogen and oxygen atoms in total. The quantitative estimate of drug-likeness (QED) is 0.210. The van der Waals surface area contributed by atoms with Crippen molar-refractivity contribution in [3.8, 4) is 11.1 Å². The van der Waals surface area contributed by atoms with Crippen LogP contribution in [0.1, 0.15) is 33.9 Å². The fourth-order valence-corrected chi connectivity index (χ4v) is 5.71. The molecule has 0 bridgehead atoms. The van der Waals surface area contributed by atoms with Crippen LogP contribution in [0, 0.1) is 0 Å². The van der Waals surface area contributed by atoms with Crippen molar-refractivity contribution in [1.82, 2.24) is 9.99 Å². The van der Waals surface area contributed by atoms with Gasteiger partial charge in [0.1, 0.15) is 0 Å². The maximum atomic E-state index is 13.8. The van der Waals surface area contributed by atoms with Crippen LogP contribution in [0.3, 0.4) is 0 Å². The van der Waals surface area contributed by atoms with E-state index in [0.29, 0.717) is 28.3 Å². The summed E-state index contributed by atoms with van der Waals surface area (Å²) < 4.78 is 1.83. The lowest BCUT2D eigenvalue weighted by Crippen LogP contribution is -2.27. The third kappa shape index (κ3) is 4.98. The fourth-order valence-electron chi connectivity index (χ4n) is 4.96. The molecule has 0 spiro atoms. The number of H-pyrrole nitrogens is 1. The van der Waals surface area contributed by atoms with E-state index < -0.39 is 6.04 Å². The highest BCUT2D eigenvalue weighted by Gasteiger charge is 2.36. The minimum absolute atomic E-state index is 0.252. The van der Waals surface area contributed by atoms with Crippen molar-refractivity contribution in [2.75, 3.05) is 0 Å². The average molecular weight is 662 g/mol. The molecular weight excluding hydrogens is 642 g/mol. The number of pyridine rings is 1. The lowest BCUT2D eigenvalue weighted by Gasteiger charge is -2.22. The lowest BCUT2D eigenvalue weighted by atomic mass is 9.91. The Labute approximate surface area is 246 Å². The summed E-state index contributed by atoms with van der Waals surface area (Å²) in [5.74, 6) is -0.268. The summed E-state index contributed by atoms with van der Waals surface area (Å²) in [4.78, 5) is 30.5. The van der Waals surface area contributed by atoms with Gasteiger partial charge in [0.25, 0.3) is 11.5 Å². The van der Waals surface area contributed by atoms with Crippen molar-refractivity contribution in [2.45, 2.75) is 12.5 Å². The molecule has 0 aliphatic carbocycles. The summed E-state index contributed by atoms with van der Waals surface area (Å²) in [6, 6.07) is 29.7. The first-order valence-electron chi connectivity index (χ1n) is 12.2. The van der Waals surface area contributed by atoms with E-state index in [2.05, 4.69) is 36.8 Å². The predicted octanol–water partition coefficient (Wildman–Crippen LogP) is 8.37. The number of amides is 1. The third-order valence-electron chi connectivity index (χ3n) is 6.79. The molecule has 8 heteroatoms. The summed E-state index contributed by atoms with van der Waals surface area (Å²) >= 11 is 13.1. The van der Waals surface area contributed by atoms with Gasteiger partial charge in [-0.3, -0.25) is 9.59 Å². The lowest BCUT2D eigenvalue weighted by molar-refractivity contribution is 0.0711. The van der Waals surface area contributed by atoms with Gasteiger partial charge in [0.15, 0.2) is 0 Å². The van der Waals surface area contributed by atoms with Crippen molar-refractivity contribution in [3.05, 3.63) is 138 Å². The number of hydrazone groups is 1. The van der Waals surface area contributed by atoms with Crippen molar-refractivity contribution in [3.63, 3.8) is 0 Å².